The Labute approximate surface area is 124 Å². The SMILES string of the molecule is O=S(=O)(NCC1(CO)CCCCC1)c1ccnc(Cl)c1. The molecule has 0 unspecified atom stereocenters. The van der Waals surface area contributed by atoms with E-state index in [0.717, 1.165) is 32.1 Å². The van der Waals surface area contributed by atoms with E-state index < -0.39 is 10.0 Å². The zero-order chi connectivity index (χ0) is 14.6. The molecular weight excluding hydrogens is 300 g/mol. The van der Waals surface area contributed by atoms with Gasteiger partial charge in [0.2, 0.25) is 10.0 Å². The van der Waals surface area contributed by atoms with Gasteiger partial charge in [0.25, 0.3) is 0 Å². The largest absolute Gasteiger partial charge is 0.396 e. The molecule has 1 aliphatic carbocycles. The summed E-state index contributed by atoms with van der Waals surface area (Å²) in [4.78, 5) is 3.86. The molecule has 0 amide bonds. The number of halogens is 1. The van der Waals surface area contributed by atoms with Crippen molar-refractivity contribution in [1.29, 1.82) is 0 Å². The molecule has 1 fully saturated rings. The fourth-order valence-electron chi connectivity index (χ4n) is 2.58. The van der Waals surface area contributed by atoms with Gasteiger partial charge in [-0.15, -0.1) is 0 Å². The number of aromatic nitrogens is 1. The van der Waals surface area contributed by atoms with Gasteiger partial charge in [-0.25, -0.2) is 18.1 Å². The highest BCUT2D eigenvalue weighted by atomic mass is 35.5. The Hall–Kier alpha value is -0.690. The topological polar surface area (TPSA) is 79.3 Å². The summed E-state index contributed by atoms with van der Waals surface area (Å²) in [5, 5.41) is 9.73. The number of nitrogens with one attached hydrogen (secondary N) is 1. The molecule has 112 valence electrons. The average molecular weight is 319 g/mol. The van der Waals surface area contributed by atoms with Gasteiger partial charge in [0.05, 0.1) is 4.90 Å². The number of hydrogen-bond donors (Lipinski definition) is 2. The van der Waals surface area contributed by atoms with Crippen LogP contribution in [0.4, 0.5) is 0 Å². The van der Waals surface area contributed by atoms with E-state index in [4.69, 9.17) is 11.6 Å². The molecule has 0 saturated heterocycles. The van der Waals surface area contributed by atoms with Crippen molar-refractivity contribution in [3.05, 3.63) is 23.5 Å². The lowest BCUT2D eigenvalue weighted by Gasteiger charge is -2.35. The molecule has 0 atom stereocenters. The zero-order valence-electron chi connectivity index (χ0n) is 11.2. The van der Waals surface area contributed by atoms with Crippen LogP contribution in [0.25, 0.3) is 0 Å². The van der Waals surface area contributed by atoms with Crippen molar-refractivity contribution in [2.75, 3.05) is 13.2 Å². The summed E-state index contributed by atoms with van der Waals surface area (Å²) in [6.07, 6.45) is 6.27. The molecule has 2 rings (SSSR count). The summed E-state index contributed by atoms with van der Waals surface area (Å²) >= 11 is 5.71. The van der Waals surface area contributed by atoms with Crippen LogP contribution in [-0.2, 0) is 10.0 Å². The molecule has 5 nitrogen and oxygen atoms in total. The molecule has 0 aliphatic heterocycles. The summed E-state index contributed by atoms with van der Waals surface area (Å²) in [7, 11) is -3.62. The number of rotatable bonds is 5. The lowest BCUT2D eigenvalue weighted by atomic mass is 9.75. The summed E-state index contributed by atoms with van der Waals surface area (Å²) in [5.74, 6) is 0. The van der Waals surface area contributed by atoms with E-state index in [1.165, 1.54) is 18.3 Å². The lowest BCUT2D eigenvalue weighted by molar-refractivity contribution is 0.0867. The van der Waals surface area contributed by atoms with Crippen LogP contribution in [0.2, 0.25) is 5.15 Å². The molecule has 20 heavy (non-hydrogen) atoms. The van der Waals surface area contributed by atoms with Crippen LogP contribution >= 0.6 is 11.6 Å². The second-order valence-corrected chi connectivity index (χ2v) is 7.51. The highest BCUT2D eigenvalue weighted by Crippen LogP contribution is 2.35. The first-order chi connectivity index (χ1) is 9.47. The Morgan fingerprint density at radius 1 is 1.35 bits per heavy atom. The minimum absolute atomic E-state index is 0.00657. The van der Waals surface area contributed by atoms with Crippen LogP contribution in [0, 0.1) is 5.41 Å². The molecule has 1 aliphatic rings. The second-order valence-electron chi connectivity index (χ2n) is 5.36. The zero-order valence-corrected chi connectivity index (χ0v) is 12.8. The van der Waals surface area contributed by atoms with Crippen LogP contribution in [0.3, 0.4) is 0 Å². The van der Waals surface area contributed by atoms with Gasteiger partial charge in [-0.2, -0.15) is 0 Å². The van der Waals surface area contributed by atoms with Gasteiger partial charge in [-0.1, -0.05) is 30.9 Å². The van der Waals surface area contributed by atoms with Gasteiger partial charge in [0.15, 0.2) is 0 Å². The van der Waals surface area contributed by atoms with Crippen molar-refractivity contribution in [2.45, 2.75) is 37.0 Å². The van der Waals surface area contributed by atoms with Crippen molar-refractivity contribution in [1.82, 2.24) is 9.71 Å². The molecular formula is C13H19ClN2O3S. The minimum Gasteiger partial charge on any atom is -0.396 e. The third-order valence-electron chi connectivity index (χ3n) is 3.90. The fraction of sp³-hybridized carbons (Fsp3) is 0.615. The van der Waals surface area contributed by atoms with Crippen LogP contribution < -0.4 is 4.72 Å². The number of pyridine rings is 1. The molecule has 0 spiro atoms. The maximum Gasteiger partial charge on any atom is 0.240 e. The van der Waals surface area contributed by atoms with Gasteiger partial charge in [-0.3, -0.25) is 0 Å². The number of aliphatic hydroxyl groups excluding tert-OH is 1. The van der Waals surface area contributed by atoms with Gasteiger partial charge in [-0.05, 0) is 25.0 Å². The van der Waals surface area contributed by atoms with Crippen LogP contribution in [0.5, 0.6) is 0 Å². The number of hydrogen-bond acceptors (Lipinski definition) is 4. The molecule has 1 saturated carbocycles. The van der Waals surface area contributed by atoms with Crippen molar-refractivity contribution in [3.8, 4) is 0 Å². The molecule has 1 aromatic heterocycles. The average Bonchev–Trinajstić information content (AvgIpc) is 2.46. The Morgan fingerprint density at radius 3 is 2.65 bits per heavy atom. The van der Waals surface area contributed by atoms with Crippen LogP contribution in [0.1, 0.15) is 32.1 Å². The van der Waals surface area contributed by atoms with E-state index in [0.29, 0.717) is 0 Å². The fourth-order valence-corrected chi connectivity index (χ4v) is 3.98. The van der Waals surface area contributed by atoms with E-state index in [9.17, 15) is 13.5 Å². The quantitative estimate of drug-likeness (QED) is 0.813. The predicted molar refractivity (Wildman–Crippen MR) is 77.0 cm³/mol. The molecule has 0 bridgehead atoms. The first-order valence-corrected chi connectivity index (χ1v) is 8.56. The van der Waals surface area contributed by atoms with Gasteiger partial charge in [0.1, 0.15) is 5.15 Å². The number of aliphatic hydroxyl groups is 1. The molecule has 1 heterocycles. The van der Waals surface area contributed by atoms with Gasteiger partial charge in [0, 0.05) is 24.8 Å². The minimum atomic E-state index is -3.62. The van der Waals surface area contributed by atoms with Crippen molar-refractivity contribution < 1.29 is 13.5 Å². The first kappa shape index (κ1) is 15.7. The summed E-state index contributed by atoms with van der Waals surface area (Å²) in [6, 6.07) is 2.72. The van der Waals surface area contributed by atoms with E-state index in [1.54, 1.807) is 0 Å². The maximum absolute atomic E-state index is 12.2. The third-order valence-corrected chi connectivity index (χ3v) is 5.50. The van der Waals surface area contributed by atoms with Crippen molar-refractivity contribution >= 4 is 21.6 Å². The second kappa shape index (κ2) is 6.39. The van der Waals surface area contributed by atoms with Crippen LogP contribution in [-0.4, -0.2) is 31.7 Å². The predicted octanol–water partition coefficient (Wildman–Crippen LogP) is 1.96. The standard InChI is InChI=1S/C13H19ClN2O3S/c14-12-8-11(4-7-15-12)20(18,19)16-9-13(10-17)5-2-1-3-6-13/h4,7-8,16-17H,1-3,5-6,9-10H2. The van der Waals surface area contributed by atoms with E-state index in [2.05, 4.69) is 9.71 Å². The molecule has 7 heteroatoms. The Balaban J connectivity index is 2.08. The van der Waals surface area contributed by atoms with Crippen molar-refractivity contribution in [3.63, 3.8) is 0 Å². The van der Waals surface area contributed by atoms with Crippen LogP contribution in [0.15, 0.2) is 23.2 Å². The Kier molecular flexibility index (Phi) is 5.01. The summed E-state index contributed by atoms with van der Waals surface area (Å²) in [6.45, 7) is 0.262. The molecule has 1 aromatic rings. The Bertz CT molecular complexity index is 556. The molecule has 0 radical (unpaired) electrons. The Morgan fingerprint density at radius 2 is 2.05 bits per heavy atom. The van der Waals surface area contributed by atoms with E-state index in [-0.39, 0.29) is 28.6 Å². The highest BCUT2D eigenvalue weighted by Gasteiger charge is 2.32. The van der Waals surface area contributed by atoms with Gasteiger partial charge < -0.3 is 5.11 Å². The van der Waals surface area contributed by atoms with Crippen molar-refractivity contribution in [2.24, 2.45) is 5.41 Å². The maximum atomic E-state index is 12.2. The number of nitrogens with zero attached hydrogens (tertiary/aromatic N) is 1. The summed E-state index contributed by atoms with van der Waals surface area (Å²) in [5.41, 5.74) is -0.331. The van der Waals surface area contributed by atoms with E-state index >= 15 is 0 Å². The summed E-state index contributed by atoms with van der Waals surface area (Å²) < 4.78 is 27.0. The highest BCUT2D eigenvalue weighted by molar-refractivity contribution is 7.89. The molecule has 0 aromatic carbocycles. The van der Waals surface area contributed by atoms with E-state index in [1.807, 2.05) is 0 Å². The lowest BCUT2D eigenvalue weighted by Crippen LogP contribution is -2.41. The smallest absolute Gasteiger partial charge is 0.240 e. The third kappa shape index (κ3) is 3.69. The monoisotopic (exact) mass is 318 g/mol. The normalized spacial score (nSPS) is 18.9. The number of sulfonamides is 1. The molecule has 2 N–H and O–H groups in total. The van der Waals surface area contributed by atoms with Gasteiger partial charge >= 0.3 is 0 Å². The first-order valence-electron chi connectivity index (χ1n) is 6.70.